The zero-order chi connectivity index (χ0) is 18.0. The summed E-state index contributed by atoms with van der Waals surface area (Å²) in [6, 6.07) is -0.681. The molecule has 2 unspecified atom stereocenters. The topological polar surface area (TPSA) is 118 Å². The molecule has 23 heavy (non-hydrogen) atoms. The van der Waals surface area contributed by atoms with Gasteiger partial charge in [0.1, 0.15) is 11.2 Å². The number of nitrogens with one attached hydrogen (secondary N) is 1. The molecule has 1 rings (SSSR count). The van der Waals surface area contributed by atoms with Gasteiger partial charge < -0.3 is 24.8 Å². The van der Waals surface area contributed by atoms with Crippen LogP contribution in [-0.4, -0.2) is 38.1 Å². The van der Waals surface area contributed by atoms with E-state index in [4.69, 9.17) is 9.26 Å². The van der Waals surface area contributed by atoms with Crippen LogP contribution < -0.4 is 5.32 Å². The van der Waals surface area contributed by atoms with Gasteiger partial charge in [-0.3, -0.25) is 0 Å². The highest BCUT2D eigenvalue weighted by Gasteiger charge is 2.33. The Morgan fingerprint density at radius 2 is 1.83 bits per heavy atom. The number of nitrogens with zero attached hydrogens (tertiary/aromatic N) is 2. The van der Waals surface area contributed by atoms with Crippen LogP contribution in [0.5, 0.6) is 0 Å². The number of aliphatic hydroxyl groups is 2. The highest BCUT2D eigenvalue weighted by molar-refractivity contribution is 5.68. The lowest BCUT2D eigenvalue weighted by molar-refractivity contribution is 0.0315. The number of aliphatic hydroxyl groups excluding tert-OH is 1. The van der Waals surface area contributed by atoms with Crippen molar-refractivity contribution >= 4 is 6.09 Å². The summed E-state index contributed by atoms with van der Waals surface area (Å²) in [6.45, 7) is 11.9. The van der Waals surface area contributed by atoms with Crippen molar-refractivity contribution < 1.29 is 24.3 Å². The Kier molecular flexibility index (Phi) is 5.76. The number of aromatic nitrogens is 2. The molecule has 0 aliphatic heterocycles. The average Bonchev–Trinajstić information content (AvgIpc) is 2.81. The maximum absolute atomic E-state index is 11.9. The van der Waals surface area contributed by atoms with Crippen molar-refractivity contribution in [3.63, 3.8) is 0 Å². The number of carbonyl (C=O) groups excluding carboxylic acids is 1. The first-order valence-corrected chi connectivity index (χ1v) is 7.55. The lowest BCUT2D eigenvalue weighted by atomic mass is 9.98. The number of hydrogen-bond donors (Lipinski definition) is 3. The highest BCUT2D eigenvalue weighted by Crippen LogP contribution is 2.24. The van der Waals surface area contributed by atoms with Crippen LogP contribution in [0.15, 0.2) is 4.52 Å². The third-order valence-corrected chi connectivity index (χ3v) is 2.98. The van der Waals surface area contributed by atoms with Crippen LogP contribution in [0, 0.1) is 5.92 Å². The van der Waals surface area contributed by atoms with Gasteiger partial charge in [-0.25, -0.2) is 4.79 Å². The fourth-order valence-corrected chi connectivity index (χ4v) is 1.81. The summed E-state index contributed by atoms with van der Waals surface area (Å²) in [5.41, 5.74) is -1.93. The fraction of sp³-hybridized carbons (Fsp3) is 0.800. The van der Waals surface area contributed by atoms with Gasteiger partial charge in [0.25, 0.3) is 5.89 Å². The van der Waals surface area contributed by atoms with E-state index in [1.54, 1.807) is 20.8 Å². The molecule has 0 radical (unpaired) electrons. The summed E-state index contributed by atoms with van der Waals surface area (Å²) >= 11 is 0. The van der Waals surface area contributed by atoms with Crippen molar-refractivity contribution in [3.05, 3.63) is 11.7 Å². The lowest BCUT2D eigenvalue weighted by Crippen LogP contribution is -2.45. The van der Waals surface area contributed by atoms with Gasteiger partial charge >= 0.3 is 6.09 Å². The molecule has 0 saturated carbocycles. The third-order valence-electron chi connectivity index (χ3n) is 2.98. The lowest BCUT2D eigenvalue weighted by Gasteiger charge is -2.27. The first-order chi connectivity index (χ1) is 10.3. The Morgan fingerprint density at radius 3 is 2.22 bits per heavy atom. The second-order valence-corrected chi connectivity index (χ2v) is 7.38. The Hall–Kier alpha value is -1.67. The van der Waals surface area contributed by atoms with Gasteiger partial charge in [0.2, 0.25) is 5.82 Å². The molecular formula is C15H27N3O5. The molecule has 0 aliphatic carbocycles. The van der Waals surface area contributed by atoms with Gasteiger partial charge in [-0.15, -0.1) is 0 Å². The summed E-state index contributed by atoms with van der Waals surface area (Å²) < 4.78 is 10.2. The second kappa shape index (κ2) is 6.84. The minimum absolute atomic E-state index is 0.0614. The van der Waals surface area contributed by atoms with Crippen LogP contribution in [0.1, 0.15) is 66.3 Å². The number of alkyl carbamates (subject to hydrolysis) is 1. The molecule has 1 amide bonds. The standard InChI is InChI=1S/C15H27N3O5/c1-8(2)9(16-13(20)22-14(3,4)5)10(19)11-17-12(18-23-11)15(6,7)21/h8-10,19,21H,1-7H3,(H,16,20). The SMILES string of the molecule is CC(C)C(NC(=O)OC(C)(C)C)C(O)c1nc(C(C)(C)O)no1. The van der Waals surface area contributed by atoms with Crippen LogP contribution in [0.4, 0.5) is 4.79 Å². The molecule has 1 aromatic rings. The Bertz CT molecular complexity index is 528. The molecule has 8 heteroatoms. The molecule has 132 valence electrons. The first-order valence-electron chi connectivity index (χ1n) is 7.55. The van der Waals surface area contributed by atoms with Crippen LogP contribution in [0.3, 0.4) is 0 Å². The molecule has 2 atom stereocenters. The third kappa shape index (κ3) is 5.80. The quantitative estimate of drug-likeness (QED) is 0.754. The molecule has 0 bridgehead atoms. The van der Waals surface area contributed by atoms with Crippen LogP contribution in [0.2, 0.25) is 0 Å². The fourth-order valence-electron chi connectivity index (χ4n) is 1.81. The van der Waals surface area contributed by atoms with E-state index in [0.717, 1.165) is 0 Å². The Morgan fingerprint density at radius 1 is 1.26 bits per heavy atom. The molecule has 0 fully saturated rings. The molecule has 1 aromatic heterocycles. The van der Waals surface area contributed by atoms with Gasteiger partial charge in [-0.05, 0) is 40.5 Å². The monoisotopic (exact) mass is 329 g/mol. The van der Waals surface area contributed by atoms with Gasteiger partial charge in [0, 0.05) is 0 Å². The maximum atomic E-state index is 11.9. The van der Waals surface area contributed by atoms with Gasteiger partial charge in [0.05, 0.1) is 6.04 Å². The van der Waals surface area contributed by atoms with E-state index in [1.165, 1.54) is 13.8 Å². The van der Waals surface area contributed by atoms with E-state index in [-0.39, 0.29) is 17.6 Å². The summed E-state index contributed by atoms with van der Waals surface area (Å²) in [5, 5.41) is 26.5. The molecule has 0 aromatic carbocycles. The Balaban J connectivity index is 2.89. The number of ether oxygens (including phenoxy) is 1. The zero-order valence-electron chi connectivity index (χ0n) is 14.7. The number of hydrogen-bond acceptors (Lipinski definition) is 7. The summed E-state index contributed by atoms with van der Waals surface area (Å²) in [4.78, 5) is 15.9. The zero-order valence-corrected chi connectivity index (χ0v) is 14.7. The summed E-state index contributed by atoms with van der Waals surface area (Å²) in [6.07, 6.45) is -1.86. The van der Waals surface area contributed by atoms with Crippen molar-refractivity contribution in [2.24, 2.45) is 5.92 Å². The minimum atomic E-state index is -1.28. The van der Waals surface area contributed by atoms with E-state index in [0.29, 0.717) is 0 Å². The van der Waals surface area contributed by atoms with Crippen molar-refractivity contribution in [2.75, 3.05) is 0 Å². The number of amides is 1. The molecular weight excluding hydrogens is 302 g/mol. The Labute approximate surface area is 136 Å². The highest BCUT2D eigenvalue weighted by atomic mass is 16.6. The smallest absolute Gasteiger partial charge is 0.407 e. The normalized spacial score (nSPS) is 15.4. The predicted molar refractivity (Wildman–Crippen MR) is 82.5 cm³/mol. The van der Waals surface area contributed by atoms with Gasteiger partial charge in [-0.1, -0.05) is 19.0 Å². The number of rotatable bonds is 5. The first kappa shape index (κ1) is 19.4. The molecule has 0 spiro atoms. The van der Waals surface area contributed by atoms with Crippen molar-refractivity contribution in [1.29, 1.82) is 0 Å². The number of carbonyl (C=O) groups is 1. The molecule has 0 saturated heterocycles. The summed E-state index contributed by atoms with van der Waals surface area (Å²) in [5.74, 6) is -0.127. The minimum Gasteiger partial charge on any atom is -0.444 e. The predicted octanol–water partition coefficient (Wildman–Crippen LogP) is 1.88. The average molecular weight is 329 g/mol. The molecule has 3 N–H and O–H groups in total. The molecule has 8 nitrogen and oxygen atoms in total. The molecule has 0 aliphatic rings. The van der Waals surface area contributed by atoms with Gasteiger partial charge in [-0.2, -0.15) is 4.98 Å². The molecule has 1 heterocycles. The van der Waals surface area contributed by atoms with Crippen LogP contribution in [-0.2, 0) is 10.3 Å². The van der Waals surface area contributed by atoms with Crippen LogP contribution in [0.25, 0.3) is 0 Å². The van der Waals surface area contributed by atoms with E-state index < -0.39 is 29.4 Å². The van der Waals surface area contributed by atoms with E-state index in [1.807, 2.05) is 13.8 Å². The van der Waals surface area contributed by atoms with Crippen molar-refractivity contribution in [1.82, 2.24) is 15.5 Å². The van der Waals surface area contributed by atoms with Crippen molar-refractivity contribution in [3.8, 4) is 0 Å². The van der Waals surface area contributed by atoms with E-state index >= 15 is 0 Å². The van der Waals surface area contributed by atoms with Crippen LogP contribution >= 0.6 is 0 Å². The maximum Gasteiger partial charge on any atom is 0.407 e. The van der Waals surface area contributed by atoms with E-state index in [2.05, 4.69) is 15.5 Å². The van der Waals surface area contributed by atoms with Crippen molar-refractivity contribution in [2.45, 2.75) is 71.8 Å². The van der Waals surface area contributed by atoms with E-state index in [9.17, 15) is 15.0 Å². The summed E-state index contributed by atoms with van der Waals surface area (Å²) in [7, 11) is 0. The second-order valence-electron chi connectivity index (χ2n) is 7.38. The van der Waals surface area contributed by atoms with Gasteiger partial charge in [0.15, 0.2) is 6.10 Å². The largest absolute Gasteiger partial charge is 0.444 e.